The fraction of sp³-hybridized carbons (Fsp3) is 0.622. The summed E-state index contributed by atoms with van der Waals surface area (Å²) in [5.41, 5.74) is 0.482. The van der Waals surface area contributed by atoms with E-state index in [4.69, 9.17) is 0 Å². The monoisotopic (exact) mass is 675 g/mol. The second-order valence-electron chi connectivity index (χ2n) is 14.3. The molecule has 49 heavy (non-hydrogen) atoms. The van der Waals surface area contributed by atoms with Crippen molar-refractivity contribution in [3.63, 3.8) is 0 Å². The van der Waals surface area contributed by atoms with Crippen LogP contribution in [0.15, 0.2) is 42.5 Å². The Morgan fingerprint density at radius 1 is 0.816 bits per heavy atom. The number of carbonyl (C=O) groups excluding carboxylic acids is 4. The lowest BCUT2D eigenvalue weighted by Crippen LogP contribution is -2.56. The van der Waals surface area contributed by atoms with Crippen LogP contribution in [0.3, 0.4) is 0 Å². The maximum absolute atomic E-state index is 14.2. The van der Waals surface area contributed by atoms with Crippen LogP contribution in [0, 0.1) is 5.92 Å². The standard InChI is InChI=1S/C37H54BN5O6/c44-34(29-21-20-27-14-7-8-15-28(27)25-29)41-31(24-26-12-3-1-4-13-26)36(46)43-23-11-18-32(43)35(45)42-33(38(48)49)19-9-10-22-39-37(47)40-30-16-5-2-6-17-30/h7-8,14-15,20-21,25-26,30-33,48-49H,1-6,9-13,16-19,22-24H2,(H,41,44)(H,42,45)(H2,39,40,47)/t31-,32+,33+/m1/s1. The molecule has 5 rings (SSSR count). The van der Waals surface area contributed by atoms with Gasteiger partial charge in [0.25, 0.3) is 5.91 Å². The largest absolute Gasteiger partial charge is 0.475 e. The number of likely N-dealkylation sites (tertiary alicyclic amines) is 1. The number of benzene rings is 2. The second kappa shape index (κ2) is 18.4. The summed E-state index contributed by atoms with van der Waals surface area (Å²) in [5, 5.41) is 33.8. The third-order valence-corrected chi connectivity index (χ3v) is 10.6. The van der Waals surface area contributed by atoms with E-state index in [1.165, 1.54) is 12.8 Å². The maximum atomic E-state index is 14.2. The molecular formula is C37H54BN5O6. The smallest absolute Gasteiger partial charge is 0.426 e. The van der Waals surface area contributed by atoms with Crippen LogP contribution in [0.25, 0.3) is 10.8 Å². The first kappa shape index (κ1) is 36.6. The minimum Gasteiger partial charge on any atom is -0.426 e. The Morgan fingerprint density at radius 3 is 2.27 bits per heavy atom. The van der Waals surface area contributed by atoms with E-state index in [9.17, 15) is 29.2 Å². The van der Waals surface area contributed by atoms with Gasteiger partial charge in [0.05, 0.1) is 5.94 Å². The lowest BCUT2D eigenvalue weighted by atomic mass is 9.76. The fourth-order valence-corrected chi connectivity index (χ4v) is 7.80. The molecule has 266 valence electrons. The van der Waals surface area contributed by atoms with Crippen LogP contribution in [0.5, 0.6) is 0 Å². The van der Waals surface area contributed by atoms with E-state index in [2.05, 4.69) is 21.3 Å². The Balaban J connectivity index is 1.16. The molecular weight excluding hydrogens is 621 g/mol. The second-order valence-corrected chi connectivity index (χ2v) is 14.3. The fourth-order valence-electron chi connectivity index (χ4n) is 7.80. The van der Waals surface area contributed by atoms with Crippen LogP contribution in [-0.2, 0) is 9.59 Å². The zero-order chi connectivity index (χ0) is 34.6. The van der Waals surface area contributed by atoms with Crippen molar-refractivity contribution in [2.24, 2.45) is 5.92 Å². The summed E-state index contributed by atoms with van der Waals surface area (Å²) in [6, 6.07) is 11.8. The molecule has 12 heteroatoms. The minimum atomic E-state index is -1.77. The molecule has 5 amide bonds. The van der Waals surface area contributed by atoms with Crippen molar-refractivity contribution in [1.29, 1.82) is 0 Å². The number of rotatable bonds is 14. The Labute approximate surface area is 290 Å². The van der Waals surface area contributed by atoms with E-state index in [0.29, 0.717) is 63.1 Å². The summed E-state index contributed by atoms with van der Waals surface area (Å²) >= 11 is 0. The molecule has 0 aromatic heterocycles. The molecule has 3 aliphatic rings. The number of urea groups is 1. The Hall–Kier alpha value is -3.64. The number of nitrogens with one attached hydrogen (secondary N) is 4. The molecule has 1 heterocycles. The van der Waals surface area contributed by atoms with Crippen molar-refractivity contribution in [2.75, 3.05) is 13.1 Å². The minimum absolute atomic E-state index is 0.180. The third-order valence-electron chi connectivity index (χ3n) is 10.6. The number of hydrogen-bond acceptors (Lipinski definition) is 6. The predicted molar refractivity (Wildman–Crippen MR) is 191 cm³/mol. The number of unbranched alkanes of at least 4 members (excludes halogenated alkanes) is 1. The quantitative estimate of drug-likeness (QED) is 0.130. The highest BCUT2D eigenvalue weighted by Crippen LogP contribution is 2.29. The van der Waals surface area contributed by atoms with E-state index >= 15 is 0 Å². The molecule has 0 bridgehead atoms. The van der Waals surface area contributed by atoms with Gasteiger partial charge >= 0.3 is 13.1 Å². The van der Waals surface area contributed by atoms with Crippen molar-refractivity contribution < 1.29 is 29.2 Å². The molecule has 3 atom stereocenters. The van der Waals surface area contributed by atoms with Gasteiger partial charge in [-0.25, -0.2) is 4.79 Å². The summed E-state index contributed by atoms with van der Waals surface area (Å²) in [6.07, 6.45) is 14.0. The molecule has 2 saturated carbocycles. The predicted octanol–water partition coefficient (Wildman–Crippen LogP) is 4.20. The zero-order valence-corrected chi connectivity index (χ0v) is 28.7. The third kappa shape index (κ3) is 10.7. The van der Waals surface area contributed by atoms with Crippen LogP contribution >= 0.6 is 0 Å². The van der Waals surface area contributed by atoms with Crippen LogP contribution < -0.4 is 21.3 Å². The van der Waals surface area contributed by atoms with Crippen molar-refractivity contribution in [1.82, 2.24) is 26.2 Å². The van der Waals surface area contributed by atoms with Gasteiger partial charge in [0.15, 0.2) is 0 Å². The summed E-state index contributed by atoms with van der Waals surface area (Å²) < 4.78 is 0. The Bertz CT molecular complexity index is 1410. The number of nitrogens with zero attached hydrogens (tertiary/aromatic N) is 1. The molecule has 11 nitrogen and oxygen atoms in total. The van der Waals surface area contributed by atoms with E-state index in [1.807, 2.05) is 36.4 Å². The average Bonchev–Trinajstić information content (AvgIpc) is 3.61. The molecule has 0 radical (unpaired) electrons. The zero-order valence-electron chi connectivity index (χ0n) is 28.7. The molecule has 0 unspecified atom stereocenters. The topological polar surface area (TPSA) is 160 Å². The molecule has 2 aromatic rings. The van der Waals surface area contributed by atoms with E-state index in [0.717, 1.165) is 62.1 Å². The van der Waals surface area contributed by atoms with Crippen molar-refractivity contribution in [3.05, 3.63) is 48.0 Å². The molecule has 6 N–H and O–H groups in total. The first-order valence-corrected chi connectivity index (χ1v) is 18.6. The van der Waals surface area contributed by atoms with Crippen LogP contribution in [-0.4, -0.2) is 83.0 Å². The number of carbonyl (C=O) groups is 4. The van der Waals surface area contributed by atoms with Crippen LogP contribution in [0.2, 0.25) is 0 Å². The highest BCUT2D eigenvalue weighted by molar-refractivity contribution is 6.43. The van der Waals surface area contributed by atoms with Gasteiger partial charge in [0.2, 0.25) is 11.8 Å². The van der Waals surface area contributed by atoms with E-state index in [-0.39, 0.29) is 23.9 Å². The van der Waals surface area contributed by atoms with Gasteiger partial charge in [0.1, 0.15) is 12.1 Å². The molecule has 1 aliphatic heterocycles. The molecule has 2 aliphatic carbocycles. The first-order valence-electron chi connectivity index (χ1n) is 18.6. The molecule has 0 spiro atoms. The van der Waals surface area contributed by atoms with Crippen molar-refractivity contribution in [3.8, 4) is 0 Å². The molecule has 3 fully saturated rings. The average molecular weight is 676 g/mol. The highest BCUT2D eigenvalue weighted by Gasteiger charge is 2.40. The maximum Gasteiger partial charge on any atom is 0.475 e. The Kier molecular flexibility index (Phi) is 13.7. The number of amides is 5. The van der Waals surface area contributed by atoms with Crippen molar-refractivity contribution >= 4 is 41.6 Å². The van der Waals surface area contributed by atoms with Crippen LogP contribution in [0.1, 0.15) is 113 Å². The lowest BCUT2D eigenvalue weighted by Gasteiger charge is -2.32. The van der Waals surface area contributed by atoms with Crippen molar-refractivity contribution in [2.45, 2.75) is 127 Å². The normalized spacial score (nSPS) is 20.0. The summed E-state index contributed by atoms with van der Waals surface area (Å²) in [5.74, 6) is -1.60. The highest BCUT2D eigenvalue weighted by atomic mass is 16.4. The molecule has 1 saturated heterocycles. The van der Waals surface area contributed by atoms with Gasteiger partial charge in [-0.2, -0.15) is 0 Å². The van der Waals surface area contributed by atoms with Gasteiger partial charge in [-0.1, -0.05) is 88.1 Å². The summed E-state index contributed by atoms with van der Waals surface area (Å²) in [7, 11) is -1.77. The van der Waals surface area contributed by atoms with Gasteiger partial charge in [-0.05, 0) is 73.8 Å². The SMILES string of the molecule is O=C(NCCCC[C@H](NC(=O)[C@@H]1CCCN1C(=O)[C@@H](CC1CCCCC1)NC(=O)c1ccc2ccccc2c1)B(O)O)NC1CCCCC1. The van der Waals surface area contributed by atoms with Gasteiger partial charge in [-0.3, -0.25) is 14.4 Å². The number of fused-ring (bicyclic) bond motifs is 1. The molecule has 2 aromatic carbocycles. The van der Waals surface area contributed by atoms with E-state index < -0.39 is 31.1 Å². The van der Waals surface area contributed by atoms with Crippen LogP contribution in [0.4, 0.5) is 4.79 Å². The van der Waals surface area contributed by atoms with E-state index in [1.54, 1.807) is 11.0 Å². The van der Waals surface area contributed by atoms with Gasteiger partial charge in [0, 0.05) is 24.7 Å². The lowest BCUT2D eigenvalue weighted by molar-refractivity contribution is -0.140. The van der Waals surface area contributed by atoms with Gasteiger partial charge < -0.3 is 36.2 Å². The van der Waals surface area contributed by atoms with Gasteiger partial charge in [-0.15, -0.1) is 0 Å². The summed E-state index contributed by atoms with van der Waals surface area (Å²) in [6.45, 7) is 0.837. The summed E-state index contributed by atoms with van der Waals surface area (Å²) in [4.78, 5) is 55.0. The first-order chi connectivity index (χ1) is 23.8. The Morgan fingerprint density at radius 2 is 1.53 bits per heavy atom. The number of hydrogen-bond donors (Lipinski definition) is 6.